The van der Waals surface area contributed by atoms with E-state index in [9.17, 15) is 22.0 Å². The molecular weight excluding hydrogens is 514 g/mol. The van der Waals surface area contributed by atoms with Gasteiger partial charge in [-0.2, -0.15) is 12.7 Å². The fraction of sp³-hybridized carbons (Fsp3) is 0.556. The Labute approximate surface area is 225 Å². The van der Waals surface area contributed by atoms with Crippen molar-refractivity contribution in [3.05, 3.63) is 41.7 Å². The van der Waals surface area contributed by atoms with Crippen molar-refractivity contribution >= 4 is 21.9 Å². The first-order valence-electron chi connectivity index (χ1n) is 12.9. The Morgan fingerprint density at radius 2 is 2.00 bits per heavy atom. The molecule has 210 valence electrons. The molecule has 2 aliphatic rings. The summed E-state index contributed by atoms with van der Waals surface area (Å²) in [7, 11) is -4.23. The smallest absolute Gasteiger partial charge is 0.304 e. The molecule has 0 saturated carbocycles. The van der Waals surface area contributed by atoms with Crippen LogP contribution in [0.4, 0.5) is 14.6 Å². The summed E-state index contributed by atoms with van der Waals surface area (Å²) in [4.78, 5) is 20.1. The van der Waals surface area contributed by atoms with Crippen LogP contribution in [0.5, 0.6) is 5.75 Å². The quantitative estimate of drug-likeness (QED) is 0.505. The molecule has 0 bridgehead atoms. The van der Waals surface area contributed by atoms with E-state index in [2.05, 4.69) is 11.6 Å². The maximum absolute atomic E-state index is 14.5. The molecule has 8 nitrogen and oxygen atoms in total. The summed E-state index contributed by atoms with van der Waals surface area (Å²) < 4.78 is 62.4. The molecule has 1 unspecified atom stereocenters. The van der Waals surface area contributed by atoms with E-state index in [1.807, 2.05) is 32.6 Å². The molecular formula is C27H38F2N4O4S. The highest BCUT2D eigenvalue weighted by Gasteiger charge is 2.40. The van der Waals surface area contributed by atoms with E-state index in [1.165, 1.54) is 18.2 Å². The van der Waals surface area contributed by atoms with Crippen LogP contribution in [-0.2, 0) is 10.2 Å². The zero-order chi connectivity index (χ0) is 27.8. The molecule has 1 aromatic carbocycles. The minimum absolute atomic E-state index is 0. The standard InChI is InChI=1S/C27H36F2N4O4S.H2/c1-17(2)16-37-22-11-19(10-21(29)12-22)24-7-6-23(25(30-24)33-14-18(3)13-27(33,4)5)26(34)31-38(35,36)32-9-8-20(28)15-32;/h6-7,10-12,17-18,20H,8-9,13-16H2,1-5H3,(H,31,34);1H/t18-,20?;/m0./s1. The molecule has 2 saturated heterocycles. The van der Waals surface area contributed by atoms with E-state index in [-0.39, 0.29) is 38.0 Å². The van der Waals surface area contributed by atoms with Crippen molar-refractivity contribution in [2.75, 3.05) is 31.1 Å². The SMILES string of the molecule is CC(C)COc1cc(F)cc(-c2ccc(C(=O)NS(=O)(=O)N3CCC(F)C3)c(N3C[C@@H](C)CC3(C)C)n2)c1.[HH]. The summed E-state index contributed by atoms with van der Waals surface area (Å²) in [5.41, 5.74) is 0.607. The molecule has 1 amide bonds. The lowest BCUT2D eigenvalue weighted by Gasteiger charge is -2.34. The number of carbonyl (C=O) groups is 1. The van der Waals surface area contributed by atoms with Gasteiger partial charge in [0.1, 0.15) is 23.6 Å². The second-order valence-electron chi connectivity index (χ2n) is 11.4. The highest BCUT2D eigenvalue weighted by molar-refractivity contribution is 7.87. The Morgan fingerprint density at radius 1 is 1.26 bits per heavy atom. The normalized spacial score (nSPS) is 21.7. The van der Waals surface area contributed by atoms with Gasteiger partial charge in [-0.05, 0) is 62.8 Å². The number of carbonyl (C=O) groups excluding carboxylic acids is 1. The number of ether oxygens (including phenoxy) is 1. The van der Waals surface area contributed by atoms with Crippen LogP contribution in [0.15, 0.2) is 30.3 Å². The third kappa shape index (κ3) is 6.26. The van der Waals surface area contributed by atoms with Crippen molar-refractivity contribution < 1.29 is 28.2 Å². The zero-order valence-electron chi connectivity index (χ0n) is 22.5. The fourth-order valence-electron chi connectivity index (χ4n) is 5.15. The van der Waals surface area contributed by atoms with Crippen molar-refractivity contribution in [1.29, 1.82) is 0 Å². The number of nitrogens with zero attached hydrogens (tertiary/aromatic N) is 3. The van der Waals surface area contributed by atoms with Crippen molar-refractivity contribution in [2.24, 2.45) is 11.8 Å². The Morgan fingerprint density at radius 3 is 2.61 bits per heavy atom. The summed E-state index contributed by atoms with van der Waals surface area (Å²) in [6, 6.07) is 7.41. The Kier molecular flexibility index (Phi) is 7.99. The minimum Gasteiger partial charge on any atom is -0.493 e. The van der Waals surface area contributed by atoms with Gasteiger partial charge < -0.3 is 9.64 Å². The summed E-state index contributed by atoms with van der Waals surface area (Å²) in [6.07, 6.45) is -0.324. The minimum atomic E-state index is -4.23. The van der Waals surface area contributed by atoms with Crippen LogP contribution in [-0.4, -0.2) is 61.6 Å². The molecule has 0 radical (unpaired) electrons. The van der Waals surface area contributed by atoms with Crippen LogP contribution in [0.3, 0.4) is 0 Å². The molecule has 3 heterocycles. The summed E-state index contributed by atoms with van der Waals surface area (Å²) in [5.74, 6) is -0.0795. The lowest BCUT2D eigenvalue weighted by molar-refractivity contribution is 0.0979. The molecule has 1 aromatic heterocycles. The molecule has 2 fully saturated rings. The maximum Gasteiger partial charge on any atom is 0.304 e. The molecule has 2 aromatic rings. The van der Waals surface area contributed by atoms with Crippen LogP contribution in [0.25, 0.3) is 11.3 Å². The van der Waals surface area contributed by atoms with E-state index in [1.54, 1.807) is 12.1 Å². The Bertz CT molecular complexity index is 1310. The molecule has 2 atom stereocenters. The zero-order valence-corrected chi connectivity index (χ0v) is 23.3. The number of hydrogen-bond acceptors (Lipinski definition) is 6. The van der Waals surface area contributed by atoms with Crippen LogP contribution >= 0.6 is 0 Å². The number of benzene rings is 1. The second-order valence-corrected chi connectivity index (χ2v) is 13.0. The maximum atomic E-state index is 14.5. The van der Waals surface area contributed by atoms with Gasteiger partial charge in [0.2, 0.25) is 0 Å². The number of nitrogens with one attached hydrogen (secondary N) is 1. The molecule has 38 heavy (non-hydrogen) atoms. The van der Waals surface area contributed by atoms with Gasteiger partial charge in [0.25, 0.3) is 5.91 Å². The second kappa shape index (κ2) is 10.8. The predicted octanol–water partition coefficient (Wildman–Crippen LogP) is 4.81. The van der Waals surface area contributed by atoms with Gasteiger partial charge >= 0.3 is 10.2 Å². The van der Waals surface area contributed by atoms with E-state index in [4.69, 9.17) is 9.72 Å². The van der Waals surface area contributed by atoms with E-state index in [0.717, 1.165) is 10.7 Å². The lowest BCUT2D eigenvalue weighted by atomic mass is 9.97. The highest BCUT2D eigenvalue weighted by Crippen LogP contribution is 2.38. The lowest BCUT2D eigenvalue weighted by Crippen LogP contribution is -2.44. The topological polar surface area (TPSA) is 91.8 Å². The third-order valence-corrected chi connectivity index (χ3v) is 8.31. The van der Waals surface area contributed by atoms with Gasteiger partial charge in [0.05, 0.1) is 17.9 Å². The highest BCUT2D eigenvalue weighted by atomic mass is 32.2. The predicted molar refractivity (Wildman–Crippen MR) is 145 cm³/mol. The summed E-state index contributed by atoms with van der Waals surface area (Å²) >= 11 is 0. The number of rotatable bonds is 8. The van der Waals surface area contributed by atoms with Gasteiger partial charge in [0, 0.05) is 38.2 Å². The van der Waals surface area contributed by atoms with Gasteiger partial charge in [-0.3, -0.25) is 4.79 Å². The van der Waals surface area contributed by atoms with E-state index < -0.39 is 28.1 Å². The average molecular weight is 553 g/mol. The Balaban J connectivity index is 0.00000420. The summed E-state index contributed by atoms with van der Waals surface area (Å²) in [6.45, 7) is 10.9. The number of halogens is 2. The number of hydrogen-bond donors (Lipinski definition) is 1. The van der Waals surface area contributed by atoms with Crippen molar-refractivity contribution in [1.82, 2.24) is 14.0 Å². The van der Waals surface area contributed by atoms with E-state index >= 15 is 0 Å². The molecule has 2 aliphatic heterocycles. The molecule has 1 N–H and O–H groups in total. The first kappa shape index (κ1) is 28.2. The molecule has 0 aliphatic carbocycles. The van der Waals surface area contributed by atoms with Crippen LogP contribution in [0, 0.1) is 17.7 Å². The van der Waals surface area contributed by atoms with Crippen molar-refractivity contribution in [2.45, 2.75) is 59.2 Å². The van der Waals surface area contributed by atoms with Crippen molar-refractivity contribution in [3.63, 3.8) is 0 Å². The number of amides is 1. The van der Waals surface area contributed by atoms with Crippen LogP contribution in [0.1, 0.15) is 59.2 Å². The molecule has 0 spiro atoms. The van der Waals surface area contributed by atoms with Crippen LogP contribution < -0.4 is 14.4 Å². The first-order chi connectivity index (χ1) is 17.7. The van der Waals surface area contributed by atoms with Crippen LogP contribution in [0.2, 0.25) is 0 Å². The Hall–Kier alpha value is -2.79. The number of pyridine rings is 1. The van der Waals surface area contributed by atoms with Gasteiger partial charge in [-0.25, -0.2) is 18.5 Å². The van der Waals surface area contributed by atoms with E-state index in [0.29, 0.717) is 41.9 Å². The third-order valence-electron chi connectivity index (χ3n) is 6.85. The van der Waals surface area contributed by atoms with Crippen molar-refractivity contribution in [3.8, 4) is 17.0 Å². The number of alkyl halides is 1. The molecule has 11 heteroatoms. The monoisotopic (exact) mass is 552 g/mol. The number of aromatic nitrogens is 1. The fourth-order valence-corrected chi connectivity index (χ4v) is 6.33. The summed E-state index contributed by atoms with van der Waals surface area (Å²) in [5, 5.41) is 0. The molecule has 4 rings (SSSR count). The van der Waals surface area contributed by atoms with Gasteiger partial charge in [0.15, 0.2) is 0 Å². The van der Waals surface area contributed by atoms with Gasteiger partial charge in [-0.15, -0.1) is 0 Å². The van der Waals surface area contributed by atoms with Gasteiger partial charge in [-0.1, -0.05) is 20.8 Å². The number of anilines is 1. The average Bonchev–Trinajstić information content (AvgIpc) is 3.38. The largest absolute Gasteiger partial charge is 0.493 e. The first-order valence-corrected chi connectivity index (χ1v) is 14.4.